The van der Waals surface area contributed by atoms with Gasteiger partial charge in [-0.15, -0.1) is 0 Å². The Balaban J connectivity index is 1.50. The predicted molar refractivity (Wildman–Crippen MR) is 97.7 cm³/mol. The minimum absolute atomic E-state index is 0.0898. The molecule has 0 atom stereocenters. The number of nitrogens with zero attached hydrogens (tertiary/aromatic N) is 2. The van der Waals surface area contributed by atoms with Gasteiger partial charge in [-0.3, -0.25) is 9.89 Å². The Morgan fingerprint density at radius 2 is 1.92 bits per heavy atom. The number of aromatic nitrogens is 4. The monoisotopic (exact) mass is 347 g/mol. The van der Waals surface area contributed by atoms with E-state index >= 15 is 0 Å². The lowest BCUT2D eigenvalue weighted by atomic mass is 10.1. The Morgan fingerprint density at radius 3 is 2.65 bits per heavy atom. The third kappa shape index (κ3) is 3.41. The zero-order chi connectivity index (χ0) is 17.9. The molecule has 7 heteroatoms. The maximum atomic E-state index is 11.0. The van der Waals surface area contributed by atoms with Crippen molar-refractivity contribution in [2.24, 2.45) is 0 Å². The average Bonchev–Trinajstić information content (AvgIpc) is 3.30. The number of ether oxygens (including phenoxy) is 1. The second-order valence-corrected chi connectivity index (χ2v) is 5.87. The topological polar surface area (TPSA) is 95.7 Å². The highest BCUT2D eigenvalue weighted by Crippen LogP contribution is 2.27. The van der Waals surface area contributed by atoms with Crippen molar-refractivity contribution in [3.8, 4) is 22.8 Å². The van der Waals surface area contributed by atoms with Crippen molar-refractivity contribution in [2.45, 2.75) is 13.5 Å². The molecular formula is C19H17N5O2. The van der Waals surface area contributed by atoms with Crippen LogP contribution in [0.5, 0.6) is 11.5 Å². The number of H-pyrrole nitrogens is 2. The van der Waals surface area contributed by atoms with Crippen LogP contribution in [0.15, 0.2) is 54.7 Å². The first-order chi connectivity index (χ1) is 12.7. The van der Waals surface area contributed by atoms with Crippen LogP contribution in [0, 0.1) is 0 Å². The van der Waals surface area contributed by atoms with Crippen molar-refractivity contribution < 1.29 is 9.53 Å². The number of rotatable bonds is 5. The first kappa shape index (κ1) is 15.9. The van der Waals surface area contributed by atoms with E-state index in [1.807, 2.05) is 48.5 Å². The summed E-state index contributed by atoms with van der Waals surface area (Å²) in [7, 11) is 0. The van der Waals surface area contributed by atoms with Gasteiger partial charge in [0.15, 0.2) is 0 Å². The summed E-state index contributed by atoms with van der Waals surface area (Å²) in [5.41, 5.74) is 3.69. The molecule has 3 N–H and O–H groups in total. The zero-order valence-corrected chi connectivity index (χ0v) is 14.1. The van der Waals surface area contributed by atoms with Crippen molar-refractivity contribution in [1.29, 1.82) is 0 Å². The largest absolute Gasteiger partial charge is 0.457 e. The summed E-state index contributed by atoms with van der Waals surface area (Å²) in [6.45, 7) is 1.85. The number of amides is 1. The van der Waals surface area contributed by atoms with Crippen LogP contribution in [0.2, 0.25) is 0 Å². The summed E-state index contributed by atoms with van der Waals surface area (Å²) in [6.07, 6.45) is 1.72. The highest BCUT2D eigenvalue weighted by atomic mass is 16.5. The van der Waals surface area contributed by atoms with Gasteiger partial charge in [-0.1, -0.05) is 0 Å². The van der Waals surface area contributed by atoms with Gasteiger partial charge in [0.05, 0.1) is 23.3 Å². The quantitative estimate of drug-likeness (QED) is 0.516. The van der Waals surface area contributed by atoms with E-state index in [-0.39, 0.29) is 5.91 Å². The van der Waals surface area contributed by atoms with Crippen molar-refractivity contribution in [3.05, 3.63) is 60.6 Å². The van der Waals surface area contributed by atoms with Crippen molar-refractivity contribution in [1.82, 2.24) is 25.5 Å². The smallest absolute Gasteiger partial charge is 0.217 e. The maximum Gasteiger partial charge on any atom is 0.217 e. The summed E-state index contributed by atoms with van der Waals surface area (Å²) >= 11 is 0. The molecule has 0 aliphatic heterocycles. The molecule has 26 heavy (non-hydrogen) atoms. The van der Waals surface area contributed by atoms with Gasteiger partial charge in [-0.25, -0.2) is 4.98 Å². The van der Waals surface area contributed by atoms with E-state index in [9.17, 15) is 4.79 Å². The molecule has 4 aromatic rings. The van der Waals surface area contributed by atoms with Gasteiger partial charge in [0.1, 0.15) is 17.3 Å². The number of carbonyl (C=O) groups is 1. The molecule has 0 saturated carbocycles. The van der Waals surface area contributed by atoms with Crippen LogP contribution in [-0.2, 0) is 11.3 Å². The first-order valence-corrected chi connectivity index (χ1v) is 8.18. The van der Waals surface area contributed by atoms with E-state index in [1.165, 1.54) is 6.92 Å². The summed E-state index contributed by atoms with van der Waals surface area (Å²) in [6, 6.07) is 15.3. The number of imidazole rings is 1. The molecule has 2 aromatic carbocycles. The standard InChI is InChI=1S/C19H17N5O2/c1-12(25)20-11-19-22-17-7-6-15(10-18(17)23-19)26-14-4-2-13(3-5-14)16-8-9-21-24-16/h2-10H,11H2,1H3,(H,20,25)(H,21,24)(H,22,23). The molecule has 4 rings (SSSR count). The molecule has 2 heterocycles. The third-order valence-electron chi connectivity index (χ3n) is 3.91. The minimum atomic E-state index is -0.0898. The summed E-state index contributed by atoms with van der Waals surface area (Å²) in [5.74, 6) is 2.07. The minimum Gasteiger partial charge on any atom is -0.457 e. The van der Waals surface area contributed by atoms with Crippen molar-refractivity contribution >= 4 is 16.9 Å². The molecule has 0 fully saturated rings. The molecule has 2 aromatic heterocycles. The van der Waals surface area contributed by atoms with Crippen molar-refractivity contribution in [2.75, 3.05) is 0 Å². The third-order valence-corrected chi connectivity index (χ3v) is 3.91. The SMILES string of the molecule is CC(=O)NCc1nc2ccc(Oc3ccc(-c4ccn[nH]4)cc3)cc2[nH]1. The number of benzene rings is 2. The number of aromatic amines is 2. The normalized spacial score (nSPS) is 10.8. The highest BCUT2D eigenvalue weighted by Gasteiger charge is 2.06. The fraction of sp³-hybridized carbons (Fsp3) is 0.105. The van der Waals surface area contributed by atoms with Crippen molar-refractivity contribution in [3.63, 3.8) is 0 Å². The molecule has 7 nitrogen and oxygen atoms in total. The van der Waals surface area contributed by atoms with E-state index in [2.05, 4.69) is 25.5 Å². The fourth-order valence-corrected chi connectivity index (χ4v) is 2.65. The summed E-state index contributed by atoms with van der Waals surface area (Å²) in [5, 5.41) is 9.61. The van der Waals surface area contributed by atoms with Crippen LogP contribution in [0.4, 0.5) is 0 Å². The Kier molecular flexibility index (Phi) is 4.10. The van der Waals surface area contributed by atoms with Gasteiger partial charge in [0.2, 0.25) is 5.91 Å². The van der Waals surface area contributed by atoms with Crippen LogP contribution >= 0.6 is 0 Å². The number of hydrogen-bond donors (Lipinski definition) is 3. The molecule has 0 aliphatic carbocycles. The first-order valence-electron chi connectivity index (χ1n) is 8.18. The van der Waals surface area contributed by atoms with E-state index in [4.69, 9.17) is 4.74 Å². The Morgan fingerprint density at radius 1 is 1.12 bits per heavy atom. The highest BCUT2D eigenvalue weighted by molar-refractivity contribution is 5.77. The lowest BCUT2D eigenvalue weighted by molar-refractivity contribution is -0.119. The summed E-state index contributed by atoms with van der Waals surface area (Å²) < 4.78 is 5.92. The van der Waals surface area contributed by atoms with E-state index in [0.717, 1.165) is 28.0 Å². The van der Waals surface area contributed by atoms with Gasteiger partial charge in [0, 0.05) is 19.2 Å². The Labute approximate surface area is 149 Å². The van der Waals surface area contributed by atoms with Crippen LogP contribution in [-0.4, -0.2) is 26.1 Å². The lowest BCUT2D eigenvalue weighted by Crippen LogP contribution is -2.19. The number of nitrogens with one attached hydrogen (secondary N) is 3. The second kappa shape index (κ2) is 6.72. The molecule has 0 unspecified atom stereocenters. The van der Waals surface area contributed by atoms with Gasteiger partial charge in [-0.2, -0.15) is 5.10 Å². The van der Waals surface area contributed by atoms with E-state index in [1.54, 1.807) is 6.20 Å². The summed E-state index contributed by atoms with van der Waals surface area (Å²) in [4.78, 5) is 18.6. The molecular weight excluding hydrogens is 330 g/mol. The van der Waals surface area contributed by atoms with E-state index < -0.39 is 0 Å². The molecule has 0 bridgehead atoms. The molecule has 130 valence electrons. The van der Waals surface area contributed by atoms with Crippen LogP contribution in [0.25, 0.3) is 22.3 Å². The molecule has 1 amide bonds. The average molecular weight is 347 g/mol. The second-order valence-electron chi connectivity index (χ2n) is 5.87. The molecule has 0 radical (unpaired) electrons. The van der Waals surface area contributed by atoms with E-state index in [0.29, 0.717) is 18.1 Å². The van der Waals surface area contributed by atoms with Crippen LogP contribution < -0.4 is 10.1 Å². The van der Waals surface area contributed by atoms with Crippen LogP contribution in [0.3, 0.4) is 0 Å². The fourth-order valence-electron chi connectivity index (χ4n) is 2.65. The lowest BCUT2D eigenvalue weighted by Gasteiger charge is -2.06. The number of carbonyl (C=O) groups excluding carboxylic acids is 1. The number of fused-ring (bicyclic) bond motifs is 1. The van der Waals surface area contributed by atoms with Gasteiger partial charge in [-0.05, 0) is 48.0 Å². The molecule has 0 spiro atoms. The van der Waals surface area contributed by atoms with Gasteiger partial charge < -0.3 is 15.0 Å². The Hall–Kier alpha value is -3.61. The van der Waals surface area contributed by atoms with Crippen LogP contribution in [0.1, 0.15) is 12.7 Å². The van der Waals surface area contributed by atoms with Gasteiger partial charge >= 0.3 is 0 Å². The molecule has 0 saturated heterocycles. The Bertz CT molecular complexity index is 1040. The zero-order valence-electron chi connectivity index (χ0n) is 14.1. The maximum absolute atomic E-state index is 11.0. The molecule has 0 aliphatic rings. The number of hydrogen-bond acceptors (Lipinski definition) is 4. The predicted octanol–water partition coefficient (Wildman–Crippen LogP) is 3.38. The van der Waals surface area contributed by atoms with Gasteiger partial charge in [0.25, 0.3) is 0 Å².